The lowest BCUT2D eigenvalue weighted by Gasteiger charge is -2.10. The SMILES string of the molecule is CCCNC(=O)CNC(=O)COc1ccc(C)cc1C. The van der Waals surface area contributed by atoms with Crippen molar-refractivity contribution in [2.24, 2.45) is 0 Å². The Morgan fingerprint density at radius 1 is 1.15 bits per heavy atom. The van der Waals surface area contributed by atoms with Crippen LogP contribution >= 0.6 is 0 Å². The summed E-state index contributed by atoms with van der Waals surface area (Å²) in [5.74, 6) is 0.185. The smallest absolute Gasteiger partial charge is 0.258 e. The summed E-state index contributed by atoms with van der Waals surface area (Å²) in [6.07, 6.45) is 0.871. The Balaban J connectivity index is 2.31. The van der Waals surface area contributed by atoms with Gasteiger partial charge in [-0.25, -0.2) is 0 Å². The maximum absolute atomic E-state index is 11.6. The van der Waals surface area contributed by atoms with E-state index in [9.17, 15) is 9.59 Å². The minimum absolute atomic E-state index is 0.0188. The van der Waals surface area contributed by atoms with Crippen molar-refractivity contribution in [2.75, 3.05) is 19.7 Å². The van der Waals surface area contributed by atoms with Gasteiger partial charge in [0.1, 0.15) is 5.75 Å². The second-order valence-electron chi connectivity index (χ2n) is 4.68. The second kappa shape index (κ2) is 8.19. The van der Waals surface area contributed by atoms with Crippen LogP contribution < -0.4 is 15.4 Å². The third-order valence-corrected chi connectivity index (χ3v) is 2.71. The largest absolute Gasteiger partial charge is 0.484 e. The van der Waals surface area contributed by atoms with Crippen molar-refractivity contribution >= 4 is 11.8 Å². The monoisotopic (exact) mass is 278 g/mol. The number of carbonyl (C=O) groups excluding carboxylic acids is 2. The lowest BCUT2D eigenvalue weighted by molar-refractivity contribution is -0.127. The molecule has 110 valence electrons. The van der Waals surface area contributed by atoms with Crippen LogP contribution in [0.2, 0.25) is 0 Å². The predicted molar refractivity (Wildman–Crippen MR) is 77.7 cm³/mol. The zero-order valence-electron chi connectivity index (χ0n) is 12.3. The molecule has 0 spiro atoms. The lowest BCUT2D eigenvalue weighted by Crippen LogP contribution is -2.39. The summed E-state index contributed by atoms with van der Waals surface area (Å²) < 4.78 is 5.42. The fraction of sp³-hybridized carbons (Fsp3) is 0.467. The predicted octanol–water partition coefficient (Wildman–Crippen LogP) is 1.32. The molecule has 0 fully saturated rings. The summed E-state index contributed by atoms with van der Waals surface area (Å²) in [7, 11) is 0. The summed E-state index contributed by atoms with van der Waals surface area (Å²) in [6, 6.07) is 5.76. The van der Waals surface area contributed by atoms with Crippen LogP contribution in [0.4, 0.5) is 0 Å². The van der Waals surface area contributed by atoms with Crippen LogP contribution in [0, 0.1) is 13.8 Å². The molecule has 0 saturated heterocycles. The van der Waals surface area contributed by atoms with E-state index in [0.29, 0.717) is 12.3 Å². The molecule has 0 saturated carbocycles. The molecule has 0 radical (unpaired) electrons. The third kappa shape index (κ3) is 5.73. The van der Waals surface area contributed by atoms with Crippen LogP contribution in [0.3, 0.4) is 0 Å². The fourth-order valence-electron chi connectivity index (χ4n) is 1.66. The highest BCUT2D eigenvalue weighted by atomic mass is 16.5. The van der Waals surface area contributed by atoms with Gasteiger partial charge in [0.2, 0.25) is 5.91 Å². The first-order valence-electron chi connectivity index (χ1n) is 6.76. The number of nitrogens with one attached hydrogen (secondary N) is 2. The normalized spacial score (nSPS) is 9.95. The molecular formula is C15H22N2O3. The molecule has 1 rings (SSSR count). The van der Waals surface area contributed by atoms with Crippen LogP contribution in [0.5, 0.6) is 5.75 Å². The Kier molecular flexibility index (Phi) is 6.56. The van der Waals surface area contributed by atoms with Gasteiger partial charge in [-0.3, -0.25) is 9.59 Å². The van der Waals surface area contributed by atoms with Gasteiger partial charge >= 0.3 is 0 Å². The first-order chi connectivity index (χ1) is 9.52. The van der Waals surface area contributed by atoms with Crippen LogP contribution in [-0.2, 0) is 9.59 Å². The van der Waals surface area contributed by atoms with Gasteiger partial charge in [-0.15, -0.1) is 0 Å². The molecule has 5 nitrogen and oxygen atoms in total. The Morgan fingerprint density at radius 3 is 2.55 bits per heavy atom. The van der Waals surface area contributed by atoms with Gasteiger partial charge < -0.3 is 15.4 Å². The van der Waals surface area contributed by atoms with Gasteiger partial charge in [0.05, 0.1) is 6.54 Å². The van der Waals surface area contributed by atoms with Gasteiger partial charge in [0.25, 0.3) is 5.91 Å². The molecule has 5 heteroatoms. The lowest BCUT2D eigenvalue weighted by atomic mass is 10.1. The van der Waals surface area contributed by atoms with E-state index in [0.717, 1.165) is 17.5 Å². The van der Waals surface area contributed by atoms with Crippen molar-refractivity contribution in [3.05, 3.63) is 29.3 Å². The van der Waals surface area contributed by atoms with Gasteiger partial charge in [0, 0.05) is 6.54 Å². The molecule has 0 atom stereocenters. The highest BCUT2D eigenvalue weighted by Crippen LogP contribution is 2.18. The molecule has 1 aromatic rings. The maximum Gasteiger partial charge on any atom is 0.258 e. The summed E-state index contributed by atoms with van der Waals surface area (Å²) in [5, 5.41) is 5.20. The van der Waals surface area contributed by atoms with E-state index in [-0.39, 0.29) is 25.0 Å². The fourth-order valence-corrected chi connectivity index (χ4v) is 1.66. The van der Waals surface area contributed by atoms with Crippen molar-refractivity contribution in [3.8, 4) is 5.75 Å². The van der Waals surface area contributed by atoms with E-state index < -0.39 is 0 Å². The van der Waals surface area contributed by atoms with Crippen molar-refractivity contribution in [1.82, 2.24) is 10.6 Å². The van der Waals surface area contributed by atoms with Gasteiger partial charge in [-0.05, 0) is 31.9 Å². The maximum atomic E-state index is 11.6. The standard InChI is InChI=1S/C15H22N2O3/c1-4-7-16-14(18)9-17-15(19)10-20-13-6-5-11(2)8-12(13)3/h5-6,8H,4,7,9-10H2,1-3H3,(H,16,18)(H,17,19). The van der Waals surface area contributed by atoms with Gasteiger partial charge in [0.15, 0.2) is 6.61 Å². The van der Waals surface area contributed by atoms with E-state index in [2.05, 4.69) is 10.6 Å². The van der Waals surface area contributed by atoms with E-state index >= 15 is 0 Å². The molecule has 0 bridgehead atoms. The number of ether oxygens (including phenoxy) is 1. The number of aryl methyl sites for hydroxylation is 2. The van der Waals surface area contributed by atoms with Crippen molar-refractivity contribution in [1.29, 1.82) is 0 Å². The zero-order chi connectivity index (χ0) is 15.0. The number of rotatable bonds is 7. The number of amides is 2. The number of benzene rings is 1. The average Bonchev–Trinajstić information content (AvgIpc) is 2.41. The van der Waals surface area contributed by atoms with Crippen LogP contribution in [-0.4, -0.2) is 31.5 Å². The first-order valence-corrected chi connectivity index (χ1v) is 6.76. The van der Waals surface area contributed by atoms with Crippen molar-refractivity contribution < 1.29 is 14.3 Å². The molecule has 2 amide bonds. The van der Waals surface area contributed by atoms with E-state index in [1.165, 1.54) is 0 Å². The molecule has 20 heavy (non-hydrogen) atoms. The second-order valence-corrected chi connectivity index (χ2v) is 4.68. The Hall–Kier alpha value is -2.04. The van der Waals surface area contributed by atoms with Crippen LogP contribution in [0.25, 0.3) is 0 Å². The summed E-state index contributed by atoms with van der Waals surface area (Å²) in [5.41, 5.74) is 2.13. The van der Waals surface area contributed by atoms with Crippen molar-refractivity contribution in [3.63, 3.8) is 0 Å². The van der Waals surface area contributed by atoms with Crippen LogP contribution in [0.1, 0.15) is 24.5 Å². The zero-order valence-corrected chi connectivity index (χ0v) is 12.3. The Morgan fingerprint density at radius 2 is 1.90 bits per heavy atom. The summed E-state index contributed by atoms with van der Waals surface area (Å²) in [6.45, 7) is 6.40. The van der Waals surface area contributed by atoms with Crippen LogP contribution in [0.15, 0.2) is 18.2 Å². The molecule has 0 aliphatic heterocycles. The number of hydrogen-bond donors (Lipinski definition) is 2. The van der Waals surface area contributed by atoms with Gasteiger partial charge in [-0.1, -0.05) is 24.6 Å². The molecule has 0 aliphatic carbocycles. The molecule has 0 aliphatic rings. The average molecular weight is 278 g/mol. The highest BCUT2D eigenvalue weighted by Gasteiger charge is 2.07. The van der Waals surface area contributed by atoms with E-state index in [4.69, 9.17) is 4.74 Å². The Labute approximate surface area is 119 Å². The van der Waals surface area contributed by atoms with E-state index in [1.807, 2.05) is 39.0 Å². The molecule has 1 aromatic carbocycles. The third-order valence-electron chi connectivity index (χ3n) is 2.71. The summed E-state index contributed by atoms with van der Waals surface area (Å²) >= 11 is 0. The summed E-state index contributed by atoms with van der Waals surface area (Å²) in [4.78, 5) is 22.9. The number of carbonyl (C=O) groups is 2. The first kappa shape index (κ1) is 16.0. The van der Waals surface area contributed by atoms with E-state index in [1.54, 1.807) is 0 Å². The molecule has 0 unspecified atom stereocenters. The molecular weight excluding hydrogens is 256 g/mol. The topological polar surface area (TPSA) is 67.4 Å². The molecule has 0 aromatic heterocycles. The number of hydrogen-bond acceptors (Lipinski definition) is 3. The highest BCUT2D eigenvalue weighted by molar-refractivity contribution is 5.85. The quantitative estimate of drug-likeness (QED) is 0.790. The molecule has 2 N–H and O–H groups in total. The van der Waals surface area contributed by atoms with Crippen molar-refractivity contribution in [2.45, 2.75) is 27.2 Å². The Bertz CT molecular complexity index is 472. The minimum atomic E-state index is -0.309. The van der Waals surface area contributed by atoms with Gasteiger partial charge in [-0.2, -0.15) is 0 Å². The molecule has 0 heterocycles. The minimum Gasteiger partial charge on any atom is -0.484 e.